The molecule has 1 unspecified atom stereocenters. The lowest BCUT2D eigenvalue weighted by molar-refractivity contribution is -0.139. The van der Waals surface area contributed by atoms with E-state index in [1.807, 2.05) is 0 Å². The normalized spacial score (nSPS) is 12.6. The summed E-state index contributed by atoms with van der Waals surface area (Å²) < 4.78 is 44.7. The van der Waals surface area contributed by atoms with Crippen molar-refractivity contribution in [1.29, 1.82) is 0 Å². The molecule has 0 saturated carbocycles. The van der Waals surface area contributed by atoms with Gasteiger partial charge in [-0.2, -0.15) is 18.3 Å². The van der Waals surface area contributed by atoms with Crippen molar-refractivity contribution in [3.63, 3.8) is 0 Å². The molecule has 0 aliphatic heterocycles. The third kappa shape index (κ3) is 5.28. The predicted molar refractivity (Wildman–Crippen MR) is 83.5 cm³/mol. The highest BCUT2D eigenvalue weighted by Gasteiger charge is 2.37. The van der Waals surface area contributed by atoms with Crippen LogP contribution in [0, 0.1) is 0 Å². The van der Waals surface area contributed by atoms with Crippen molar-refractivity contribution < 1.29 is 27.8 Å². The minimum Gasteiger partial charge on any atom is -0.481 e. The minimum atomic E-state index is -4.88. The van der Waals surface area contributed by atoms with Crippen molar-refractivity contribution in [2.75, 3.05) is 18.5 Å². The van der Waals surface area contributed by atoms with Gasteiger partial charge in [0.1, 0.15) is 5.56 Å². The molecule has 0 fully saturated rings. The molecule has 0 aliphatic carbocycles. The molecule has 0 spiro atoms. The first-order chi connectivity index (χ1) is 12.3. The number of anilines is 1. The van der Waals surface area contributed by atoms with Gasteiger partial charge in [-0.25, -0.2) is 5.10 Å². The Kier molecular flexibility index (Phi) is 6.28. The van der Waals surface area contributed by atoms with E-state index >= 15 is 0 Å². The zero-order valence-electron chi connectivity index (χ0n) is 13.3. The first-order valence-electron chi connectivity index (χ1n) is 7.40. The van der Waals surface area contributed by atoms with Gasteiger partial charge in [-0.15, -0.1) is 0 Å². The second-order valence-electron chi connectivity index (χ2n) is 5.18. The van der Waals surface area contributed by atoms with Crippen LogP contribution in [0.4, 0.5) is 18.9 Å². The number of H-pyrrole nitrogens is 1. The van der Waals surface area contributed by atoms with Gasteiger partial charge < -0.3 is 15.2 Å². The van der Waals surface area contributed by atoms with E-state index in [1.165, 1.54) is 12.4 Å². The van der Waals surface area contributed by atoms with Gasteiger partial charge in [-0.05, 0) is 17.7 Å². The molecule has 0 bridgehead atoms. The fraction of sp³-hybridized carbons (Fsp3) is 0.333. The molecule has 1 atom stereocenters. The number of carbonyl (C=O) groups is 1. The molecule has 2 aromatic heterocycles. The van der Waals surface area contributed by atoms with E-state index in [0.29, 0.717) is 5.56 Å². The molecule has 0 aliphatic rings. The summed E-state index contributed by atoms with van der Waals surface area (Å²) >= 11 is 0. The molecule has 0 radical (unpaired) electrons. The lowest BCUT2D eigenvalue weighted by atomic mass is 10.1. The summed E-state index contributed by atoms with van der Waals surface area (Å²) in [6.45, 7) is -0.236. The molecule has 0 aromatic carbocycles. The fourth-order valence-electron chi connectivity index (χ4n) is 2.15. The van der Waals surface area contributed by atoms with Crippen molar-refractivity contribution in [2.24, 2.45) is 0 Å². The fourth-order valence-corrected chi connectivity index (χ4v) is 2.15. The van der Waals surface area contributed by atoms with E-state index in [4.69, 9.17) is 9.84 Å². The third-order valence-electron chi connectivity index (χ3n) is 3.32. The number of hydrogen-bond donors (Lipinski definition) is 3. The number of aromatic amines is 1. The SMILES string of the molecule is O=C(O)CCOCC(Nc1cn[nH]c(=O)c1C(F)(F)F)c1ccncc1. The molecule has 0 saturated heterocycles. The second kappa shape index (κ2) is 8.43. The van der Waals surface area contributed by atoms with E-state index in [2.05, 4.69) is 15.4 Å². The largest absolute Gasteiger partial charge is 0.481 e. The highest BCUT2D eigenvalue weighted by atomic mass is 19.4. The maximum atomic E-state index is 13.2. The lowest BCUT2D eigenvalue weighted by Gasteiger charge is -2.22. The van der Waals surface area contributed by atoms with Crippen LogP contribution < -0.4 is 10.9 Å². The van der Waals surface area contributed by atoms with Gasteiger partial charge in [0.25, 0.3) is 5.56 Å². The molecule has 140 valence electrons. The topological polar surface area (TPSA) is 117 Å². The standard InChI is InChI=1S/C15H15F3N4O4/c16-15(17,18)13-10(7-20-22-14(13)25)21-11(8-26-6-3-12(23)24)9-1-4-19-5-2-9/h1-2,4-5,7,11H,3,6,8H2,(H,23,24)(H2,21,22,25). The number of alkyl halides is 3. The van der Waals surface area contributed by atoms with E-state index in [1.54, 1.807) is 17.2 Å². The molecular weight excluding hydrogens is 357 g/mol. The molecule has 0 amide bonds. The van der Waals surface area contributed by atoms with Crippen molar-refractivity contribution in [3.05, 3.63) is 52.2 Å². The number of halogens is 3. The minimum absolute atomic E-state index is 0.113. The molecule has 11 heteroatoms. The molecule has 3 N–H and O–H groups in total. The first kappa shape index (κ1) is 19.4. The Labute approximate surface area is 145 Å². The van der Waals surface area contributed by atoms with E-state index in [0.717, 1.165) is 6.20 Å². The second-order valence-corrected chi connectivity index (χ2v) is 5.18. The van der Waals surface area contributed by atoms with Crippen molar-refractivity contribution >= 4 is 11.7 Å². The summed E-state index contributed by atoms with van der Waals surface area (Å²) in [5.74, 6) is -1.06. The summed E-state index contributed by atoms with van der Waals surface area (Å²) in [5, 5.41) is 16.4. The summed E-state index contributed by atoms with van der Waals surface area (Å²) in [6, 6.07) is 2.34. The average molecular weight is 372 g/mol. The maximum absolute atomic E-state index is 13.2. The number of ether oxygens (including phenoxy) is 1. The van der Waals surface area contributed by atoms with Gasteiger partial charge in [0, 0.05) is 12.4 Å². The number of aliphatic carboxylic acids is 1. The van der Waals surface area contributed by atoms with E-state index in [-0.39, 0.29) is 19.6 Å². The van der Waals surface area contributed by atoms with Gasteiger partial charge in [0.05, 0.1) is 37.6 Å². The first-order valence-corrected chi connectivity index (χ1v) is 7.40. The molecule has 26 heavy (non-hydrogen) atoms. The number of aromatic nitrogens is 3. The number of rotatable bonds is 8. The van der Waals surface area contributed by atoms with Crippen LogP contribution in [0.15, 0.2) is 35.5 Å². The predicted octanol–water partition coefficient (Wildman–Crippen LogP) is 1.83. The third-order valence-corrected chi connectivity index (χ3v) is 3.32. The van der Waals surface area contributed by atoms with E-state index < -0.39 is 35.0 Å². The Morgan fingerprint density at radius 3 is 2.65 bits per heavy atom. The zero-order valence-corrected chi connectivity index (χ0v) is 13.3. The summed E-state index contributed by atoms with van der Waals surface area (Å²) in [4.78, 5) is 25.9. The summed E-state index contributed by atoms with van der Waals surface area (Å²) in [7, 11) is 0. The van der Waals surface area contributed by atoms with Crippen molar-refractivity contribution in [2.45, 2.75) is 18.6 Å². The van der Waals surface area contributed by atoms with Crippen LogP contribution in [-0.2, 0) is 15.7 Å². The highest BCUT2D eigenvalue weighted by Crippen LogP contribution is 2.33. The van der Waals surface area contributed by atoms with Gasteiger partial charge >= 0.3 is 12.1 Å². The Balaban J connectivity index is 2.26. The quantitative estimate of drug-likeness (QED) is 0.605. The number of carboxylic acid groups (broad SMARTS) is 1. The molecule has 2 aromatic rings. The monoisotopic (exact) mass is 372 g/mol. The van der Waals surface area contributed by atoms with Crippen molar-refractivity contribution in [3.8, 4) is 0 Å². The number of hydrogen-bond acceptors (Lipinski definition) is 6. The molecule has 2 heterocycles. The Morgan fingerprint density at radius 2 is 2.04 bits per heavy atom. The van der Waals surface area contributed by atoms with Gasteiger partial charge in [-0.1, -0.05) is 0 Å². The van der Waals surface area contributed by atoms with Crippen LogP contribution in [-0.4, -0.2) is 39.5 Å². The number of nitrogens with one attached hydrogen (secondary N) is 2. The van der Waals surface area contributed by atoms with Gasteiger partial charge in [0.15, 0.2) is 0 Å². The Hall–Kier alpha value is -2.95. The molecular formula is C15H15F3N4O4. The maximum Gasteiger partial charge on any atom is 0.423 e. The Morgan fingerprint density at radius 1 is 1.35 bits per heavy atom. The number of nitrogens with zero attached hydrogens (tertiary/aromatic N) is 2. The number of pyridine rings is 1. The van der Waals surface area contributed by atoms with Crippen LogP contribution >= 0.6 is 0 Å². The number of carboxylic acids is 1. The van der Waals surface area contributed by atoms with Crippen LogP contribution in [0.25, 0.3) is 0 Å². The van der Waals surface area contributed by atoms with Crippen LogP contribution in [0.2, 0.25) is 0 Å². The van der Waals surface area contributed by atoms with Crippen LogP contribution in [0.1, 0.15) is 23.6 Å². The summed E-state index contributed by atoms with van der Waals surface area (Å²) in [5.41, 5.74) is -2.74. The van der Waals surface area contributed by atoms with Crippen LogP contribution in [0.5, 0.6) is 0 Å². The van der Waals surface area contributed by atoms with Gasteiger partial charge in [-0.3, -0.25) is 14.6 Å². The zero-order chi connectivity index (χ0) is 19.2. The smallest absolute Gasteiger partial charge is 0.423 e. The average Bonchev–Trinajstić information content (AvgIpc) is 2.57. The molecule has 2 rings (SSSR count). The summed E-state index contributed by atoms with van der Waals surface area (Å²) in [6.07, 6.45) is -1.38. The van der Waals surface area contributed by atoms with Gasteiger partial charge in [0.2, 0.25) is 0 Å². The Bertz CT molecular complexity index is 795. The highest BCUT2D eigenvalue weighted by molar-refractivity contribution is 5.66. The lowest BCUT2D eigenvalue weighted by Crippen LogP contribution is -2.27. The van der Waals surface area contributed by atoms with E-state index in [9.17, 15) is 22.8 Å². The molecule has 8 nitrogen and oxygen atoms in total. The van der Waals surface area contributed by atoms with Crippen LogP contribution in [0.3, 0.4) is 0 Å². The van der Waals surface area contributed by atoms with Crippen molar-refractivity contribution in [1.82, 2.24) is 15.2 Å².